The molecule has 1 aromatic carbocycles. The molecule has 1 aromatic heterocycles. The van der Waals surface area contributed by atoms with Crippen LogP contribution in [0.15, 0.2) is 41.8 Å². The Balaban J connectivity index is 1.73. The highest BCUT2D eigenvalue weighted by Gasteiger charge is 2.33. The first-order valence-electron chi connectivity index (χ1n) is 9.71. The number of aliphatic hydroxyl groups is 1. The van der Waals surface area contributed by atoms with Crippen LogP contribution in [0.2, 0.25) is 0 Å². The summed E-state index contributed by atoms with van der Waals surface area (Å²) in [6.45, 7) is 0.699. The van der Waals surface area contributed by atoms with Gasteiger partial charge >= 0.3 is 0 Å². The summed E-state index contributed by atoms with van der Waals surface area (Å²) in [6, 6.07) is 11.8. The number of ether oxygens (including phenoxy) is 1. The SMILES string of the molecule is COc1ccc(C(Cc2cccs2)C(=O)NCC2(CO)CCCCC2)cc1. The maximum atomic E-state index is 13.1. The molecule has 0 aliphatic heterocycles. The van der Waals surface area contributed by atoms with Gasteiger partial charge in [-0.2, -0.15) is 0 Å². The summed E-state index contributed by atoms with van der Waals surface area (Å²) in [4.78, 5) is 14.3. The van der Waals surface area contributed by atoms with E-state index in [1.807, 2.05) is 35.7 Å². The van der Waals surface area contributed by atoms with E-state index in [0.717, 1.165) is 37.0 Å². The number of thiophene rings is 1. The van der Waals surface area contributed by atoms with Crippen LogP contribution in [-0.2, 0) is 11.2 Å². The summed E-state index contributed by atoms with van der Waals surface area (Å²) in [5.41, 5.74) is 0.838. The molecule has 1 fully saturated rings. The fraction of sp³-hybridized carbons (Fsp3) is 0.500. The number of carbonyl (C=O) groups is 1. The average Bonchev–Trinajstić information content (AvgIpc) is 3.24. The predicted octanol–water partition coefficient (Wildman–Crippen LogP) is 4.14. The number of hydrogen-bond donors (Lipinski definition) is 2. The van der Waals surface area contributed by atoms with Crippen LogP contribution in [0, 0.1) is 5.41 Å². The molecule has 1 unspecified atom stereocenters. The highest BCUT2D eigenvalue weighted by molar-refractivity contribution is 7.09. The number of methoxy groups -OCH3 is 1. The summed E-state index contributed by atoms with van der Waals surface area (Å²) in [5.74, 6) is 0.580. The zero-order chi connectivity index (χ0) is 19.1. The number of nitrogens with one attached hydrogen (secondary N) is 1. The van der Waals surface area contributed by atoms with Crippen LogP contribution in [0.5, 0.6) is 5.75 Å². The first-order chi connectivity index (χ1) is 13.2. The Morgan fingerprint density at radius 1 is 1.22 bits per heavy atom. The van der Waals surface area contributed by atoms with E-state index in [2.05, 4.69) is 11.4 Å². The van der Waals surface area contributed by atoms with Crippen LogP contribution in [0.3, 0.4) is 0 Å². The van der Waals surface area contributed by atoms with Crippen molar-refractivity contribution in [3.05, 3.63) is 52.2 Å². The van der Waals surface area contributed by atoms with E-state index in [9.17, 15) is 9.90 Å². The molecule has 4 nitrogen and oxygen atoms in total. The van der Waals surface area contributed by atoms with Crippen LogP contribution < -0.4 is 10.1 Å². The molecule has 27 heavy (non-hydrogen) atoms. The van der Waals surface area contributed by atoms with E-state index >= 15 is 0 Å². The number of benzene rings is 1. The summed E-state index contributed by atoms with van der Waals surface area (Å²) in [5, 5.41) is 15.1. The fourth-order valence-corrected chi connectivity index (χ4v) is 4.67. The minimum absolute atomic E-state index is 0.0342. The Labute approximate surface area is 165 Å². The Kier molecular flexibility index (Phi) is 6.91. The van der Waals surface area contributed by atoms with E-state index in [0.29, 0.717) is 13.0 Å². The van der Waals surface area contributed by atoms with Crippen molar-refractivity contribution >= 4 is 17.2 Å². The van der Waals surface area contributed by atoms with Crippen LogP contribution in [-0.4, -0.2) is 31.3 Å². The molecule has 0 spiro atoms. The van der Waals surface area contributed by atoms with Gasteiger partial charge in [-0.1, -0.05) is 37.5 Å². The molecule has 2 aromatic rings. The Bertz CT molecular complexity index is 706. The molecule has 0 saturated heterocycles. The van der Waals surface area contributed by atoms with Crippen LogP contribution in [0.4, 0.5) is 0 Å². The molecule has 5 heteroatoms. The molecular formula is C22H29NO3S. The van der Waals surface area contributed by atoms with Gasteiger partial charge in [-0.25, -0.2) is 0 Å². The molecule has 1 heterocycles. The second-order valence-corrected chi connectivity index (χ2v) is 8.58. The van der Waals surface area contributed by atoms with Crippen molar-refractivity contribution in [2.75, 3.05) is 20.3 Å². The van der Waals surface area contributed by atoms with Gasteiger partial charge in [0.2, 0.25) is 5.91 Å². The van der Waals surface area contributed by atoms with Gasteiger partial charge in [0.05, 0.1) is 19.6 Å². The van der Waals surface area contributed by atoms with Crippen molar-refractivity contribution in [3.8, 4) is 5.75 Å². The number of amides is 1. The molecule has 0 radical (unpaired) electrons. The van der Waals surface area contributed by atoms with Crippen LogP contribution in [0.1, 0.15) is 48.5 Å². The highest BCUT2D eigenvalue weighted by atomic mass is 32.1. The first kappa shape index (κ1) is 19.9. The maximum absolute atomic E-state index is 13.1. The molecule has 0 bridgehead atoms. The standard InChI is InChI=1S/C22H29NO3S/c1-26-18-9-7-17(8-10-18)20(14-19-6-5-13-27-19)21(25)23-15-22(16-24)11-3-2-4-12-22/h5-10,13,20,24H,2-4,11-12,14-16H2,1H3,(H,23,25). The lowest BCUT2D eigenvalue weighted by Crippen LogP contribution is -2.43. The van der Waals surface area contributed by atoms with Gasteiger partial charge < -0.3 is 15.2 Å². The van der Waals surface area contributed by atoms with E-state index in [1.54, 1.807) is 18.4 Å². The molecule has 1 aliphatic carbocycles. The van der Waals surface area contributed by atoms with Gasteiger partial charge in [0.1, 0.15) is 5.75 Å². The van der Waals surface area contributed by atoms with E-state index < -0.39 is 0 Å². The highest BCUT2D eigenvalue weighted by Crippen LogP contribution is 2.35. The predicted molar refractivity (Wildman–Crippen MR) is 109 cm³/mol. The number of carbonyl (C=O) groups excluding carboxylic acids is 1. The monoisotopic (exact) mass is 387 g/mol. The van der Waals surface area contributed by atoms with Crippen molar-refractivity contribution in [3.63, 3.8) is 0 Å². The molecule has 3 rings (SSSR count). The number of aliphatic hydroxyl groups excluding tert-OH is 1. The lowest BCUT2D eigenvalue weighted by atomic mass is 9.74. The zero-order valence-electron chi connectivity index (χ0n) is 15.9. The molecule has 1 atom stereocenters. The average molecular weight is 388 g/mol. The molecule has 1 amide bonds. The normalized spacial score (nSPS) is 17.3. The van der Waals surface area contributed by atoms with Crippen LogP contribution in [0.25, 0.3) is 0 Å². The van der Waals surface area contributed by atoms with Crippen molar-refractivity contribution in [2.45, 2.75) is 44.4 Å². The molecular weight excluding hydrogens is 358 g/mol. The zero-order valence-corrected chi connectivity index (χ0v) is 16.8. The third-order valence-corrected chi connectivity index (χ3v) is 6.61. The topological polar surface area (TPSA) is 58.6 Å². The van der Waals surface area contributed by atoms with Gasteiger partial charge in [-0.3, -0.25) is 4.79 Å². The Morgan fingerprint density at radius 3 is 2.56 bits per heavy atom. The minimum atomic E-state index is -0.242. The van der Waals surface area contributed by atoms with Gasteiger partial charge in [0.25, 0.3) is 0 Å². The van der Waals surface area contributed by atoms with E-state index in [-0.39, 0.29) is 23.8 Å². The van der Waals surface area contributed by atoms with E-state index in [4.69, 9.17) is 4.74 Å². The van der Waals surface area contributed by atoms with Crippen molar-refractivity contribution in [1.82, 2.24) is 5.32 Å². The summed E-state index contributed by atoms with van der Waals surface area (Å²) in [7, 11) is 1.64. The van der Waals surface area contributed by atoms with Gasteiger partial charge in [-0.15, -0.1) is 11.3 Å². The molecule has 146 valence electrons. The molecule has 2 N–H and O–H groups in total. The summed E-state index contributed by atoms with van der Waals surface area (Å²) < 4.78 is 5.24. The van der Waals surface area contributed by atoms with Crippen molar-refractivity contribution in [1.29, 1.82) is 0 Å². The lowest BCUT2D eigenvalue weighted by molar-refractivity contribution is -0.123. The number of hydrogen-bond acceptors (Lipinski definition) is 4. The first-order valence-corrected chi connectivity index (χ1v) is 10.6. The fourth-order valence-electron chi connectivity index (χ4n) is 3.92. The van der Waals surface area contributed by atoms with Gasteiger partial charge in [0, 0.05) is 16.8 Å². The lowest BCUT2D eigenvalue weighted by Gasteiger charge is -2.36. The van der Waals surface area contributed by atoms with Gasteiger partial charge in [0.15, 0.2) is 0 Å². The molecule has 1 aliphatic rings. The van der Waals surface area contributed by atoms with E-state index in [1.165, 1.54) is 11.3 Å². The van der Waals surface area contributed by atoms with Crippen molar-refractivity contribution < 1.29 is 14.6 Å². The smallest absolute Gasteiger partial charge is 0.227 e. The van der Waals surface area contributed by atoms with Crippen molar-refractivity contribution in [2.24, 2.45) is 5.41 Å². The minimum Gasteiger partial charge on any atom is -0.497 e. The van der Waals surface area contributed by atoms with Gasteiger partial charge in [-0.05, 0) is 48.4 Å². The Morgan fingerprint density at radius 2 is 1.96 bits per heavy atom. The quantitative estimate of drug-likeness (QED) is 0.716. The largest absolute Gasteiger partial charge is 0.497 e. The summed E-state index contributed by atoms with van der Waals surface area (Å²) in [6.07, 6.45) is 6.15. The third kappa shape index (κ3) is 5.11. The second kappa shape index (κ2) is 9.38. The van der Waals surface area contributed by atoms with Crippen LogP contribution >= 0.6 is 11.3 Å². The second-order valence-electron chi connectivity index (χ2n) is 7.55. The number of rotatable bonds is 8. The summed E-state index contributed by atoms with van der Waals surface area (Å²) >= 11 is 1.68. The Hall–Kier alpha value is -1.85. The third-order valence-electron chi connectivity index (χ3n) is 5.71. The maximum Gasteiger partial charge on any atom is 0.227 e. The molecule has 1 saturated carbocycles.